The fourth-order valence-corrected chi connectivity index (χ4v) is 3.94. The number of rotatable bonds is 11. The summed E-state index contributed by atoms with van der Waals surface area (Å²) in [5, 5.41) is 0. The molecule has 206 valence electrons. The molecule has 0 saturated carbocycles. The van der Waals surface area contributed by atoms with E-state index in [1.54, 1.807) is 0 Å². The Morgan fingerprint density at radius 2 is 1.44 bits per heavy atom. The van der Waals surface area contributed by atoms with Gasteiger partial charge in [0.15, 0.2) is 6.10 Å². The van der Waals surface area contributed by atoms with Gasteiger partial charge < -0.3 is 33.2 Å². The van der Waals surface area contributed by atoms with Gasteiger partial charge >= 0.3 is 24.1 Å². The van der Waals surface area contributed by atoms with Gasteiger partial charge in [-0.25, -0.2) is 19.2 Å². The van der Waals surface area contributed by atoms with Gasteiger partial charge in [-0.05, 0) is 67.8 Å². The molecule has 3 atom stereocenters. The molecule has 0 spiro atoms. The standard InChI is InChI=1S/C28H28O11/c1-2-24(29)33-14-3-4-15-35-28(32)38-21-11-7-18(8-12-21)26(30)37-20-9-5-19(6-10-20)27(31)39-23-17-36-22-13-16-34-25(22)23/h2,5-12,22-23,25H,1,3-4,13-17H2/t22-,23-,25+/m0/s1. The lowest BCUT2D eigenvalue weighted by Gasteiger charge is -2.16. The summed E-state index contributed by atoms with van der Waals surface area (Å²) in [7, 11) is 0. The van der Waals surface area contributed by atoms with Crippen LogP contribution < -0.4 is 9.47 Å². The molecule has 2 aromatic carbocycles. The molecule has 11 nitrogen and oxygen atoms in total. The number of carbonyl (C=O) groups excluding carboxylic acids is 4. The van der Waals surface area contributed by atoms with Crippen LogP contribution in [0.4, 0.5) is 4.79 Å². The minimum atomic E-state index is -0.900. The van der Waals surface area contributed by atoms with Gasteiger partial charge in [0.25, 0.3) is 0 Å². The van der Waals surface area contributed by atoms with Crippen molar-refractivity contribution in [3.63, 3.8) is 0 Å². The summed E-state index contributed by atoms with van der Waals surface area (Å²) in [5.41, 5.74) is 0.529. The topological polar surface area (TPSA) is 133 Å². The van der Waals surface area contributed by atoms with Crippen LogP contribution in [0.3, 0.4) is 0 Å². The van der Waals surface area contributed by atoms with E-state index in [0.717, 1.165) is 12.5 Å². The van der Waals surface area contributed by atoms with Gasteiger partial charge in [-0.2, -0.15) is 0 Å². The molecule has 39 heavy (non-hydrogen) atoms. The molecule has 2 aromatic rings. The molecule has 2 saturated heterocycles. The molecule has 0 amide bonds. The Kier molecular flexibility index (Phi) is 9.65. The molecule has 2 fully saturated rings. The van der Waals surface area contributed by atoms with Gasteiger partial charge in [-0.15, -0.1) is 0 Å². The first-order valence-electron chi connectivity index (χ1n) is 12.4. The highest BCUT2D eigenvalue weighted by Gasteiger charge is 2.44. The smallest absolute Gasteiger partial charge is 0.463 e. The molecule has 0 N–H and O–H groups in total. The second-order valence-electron chi connectivity index (χ2n) is 8.66. The molecule has 2 aliphatic rings. The van der Waals surface area contributed by atoms with E-state index in [9.17, 15) is 19.2 Å². The quantitative estimate of drug-likeness (QED) is 0.103. The Balaban J connectivity index is 1.18. The first kappa shape index (κ1) is 27.8. The molecule has 0 aliphatic carbocycles. The number of carbonyl (C=O) groups is 4. The Labute approximate surface area is 224 Å². The lowest BCUT2D eigenvalue weighted by Crippen LogP contribution is -2.32. The molecule has 2 aliphatic heterocycles. The van der Waals surface area contributed by atoms with Crippen LogP contribution in [0.5, 0.6) is 11.5 Å². The van der Waals surface area contributed by atoms with Crippen molar-refractivity contribution in [2.24, 2.45) is 0 Å². The molecule has 0 bridgehead atoms. The maximum Gasteiger partial charge on any atom is 0.513 e. The third-order valence-corrected chi connectivity index (χ3v) is 5.94. The summed E-state index contributed by atoms with van der Waals surface area (Å²) < 4.78 is 36.9. The van der Waals surface area contributed by atoms with Gasteiger partial charge in [0, 0.05) is 12.7 Å². The van der Waals surface area contributed by atoms with Gasteiger partial charge in [0.2, 0.25) is 0 Å². The first-order valence-corrected chi connectivity index (χ1v) is 12.4. The van der Waals surface area contributed by atoms with Crippen molar-refractivity contribution in [3.05, 3.63) is 72.3 Å². The maximum absolute atomic E-state index is 12.5. The molecule has 4 rings (SSSR count). The average Bonchev–Trinajstić information content (AvgIpc) is 3.56. The second-order valence-corrected chi connectivity index (χ2v) is 8.66. The summed E-state index contributed by atoms with van der Waals surface area (Å²) in [6.45, 7) is 4.48. The number of esters is 3. The zero-order chi connectivity index (χ0) is 27.6. The fraction of sp³-hybridized carbons (Fsp3) is 0.357. The largest absolute Gasteiger partial charge is 0.513 e. The highest BCUT2D eigenvalue weighted by atomic mass is 16.7. The number of hydrogen-bond acceptors (Lipinski definition) is 11. The highest BCUT2D eigenvalue weighted by molar-refractivity contribution is 5.92. The van der Waals surface area contributed by atoms with Crippen molar-refractivity contribution in [3.8, 4) is 11.5 Å². The van der Waals surface area contributed by atoms with E-state index in [0.29, 0.717) is 31.6 Å². The number of ether oxygens (including phenoxy) is 7. The molecule has 0 aromatic heterocycles. The van der Waals surface area contributed by atoms with Gasteiger partial charge in [0.1, 0.15) is 17.6 Å². The average molecular weight is 541 g/mol. The van der Waals surface area contributed by atoms with Crippen LogP contribution in [-0.2, 0) is 28.5 Å². The fourth-order valence-electron chi connectivity index (χ4n) is 3.94. The molecule has 2 heterocycles. The van der Waals surface area contributed by atoms with Crippen molar-refractivity contribution >= 4 is 24.1 Å². The lowest BCUT2D eigenvalue weighted by molar-refractivity contribution is -0.137. The van der Waals surface area contributed by atoms with Gasteiger partial charge in [0.05, 0.1) is 37.1 Å². The van der Waals surface area contributed by atoms with Crippen LogP contribution in [-0.4, -0.2) is 68.8 Å². The second kappa shape index (κ2) is 13.5. The third-order valence-electron chi connectivity index (χ3n) is 5.94. The van der Waals surface area contributed by atoms with E-state index >= 15 is 0 Å². The summed E-state index contributed by atoms with van der Waals surface area (Å²) in [6.07, 6.45) is 1.26. The predicted octanol–water partition coefficient (Wildman–Crippen LogP) is 3.64. The number of fused-ring (bicyclic) bond motifs is 1. The van der Waals surface area contributed by atoms with Crippen molar-refractivity contribution < 1.29 is 52.3 Å². The van der Waals surface area contributed by atoms with Crippen LogP contribution in [0.15, 0.2) is 61.2 Å². The molecule has 11 heteroatoms. The first-order chi connectivity index (χ1) is 18.9. The van der Waals surface area contributed by atoms with Crippen LogP contribution in [0.25, 0.3) is 0 Å². The van der Waals surface area contributed by atoms with Crippen LogP contribution in [0.2, 0.25) is 0 Å². The maximum atomic E-state index is 12.5. The van der Waals surface area contributed by atoms with Crippen LogP contribution in [0.1, 0.15) is 40.0 Å². The number of benzene rings is 2. The van der Waals surface area contributed by atoms with Crippen LogP contribution in [0, 0.1) is 0 Å². The van der Waals surface area contributed by atoms with E-state index in [1.165, 1.54) is 48.5 Å². The zero-order valence-electron chi connectivity index (χ0n) is 21.1. The van der Waals surface area contributed by atoms with Crippen molar-refractivity contribution in [2.75, 3.05) is 26.4 Å². The Morgan fingerprint density at radius 1 is 0.821 bits per heavy atom. The van der Waals surface area contributed by atoms with E-state index in [4.69, 9.17) is 33.2 Å². The Morgan fingerprint density at radius 3 is 2.10 bits per heavy atom. The third kappa shape index (κ3) is 7.88. The summed E-state index contributed by atoms with van der Waals surface area (Å²) in [6, 6.07) is 11.7. The van der Waals surface area contributed by atoms with E-state index in [-0.39, 0.29) is 42.5 Å². The van der Waals surface area contributed by atoms with Crippen molar-refractivity contribution in [1.82, 2.24) is 0 Å². The van der Waals surface area contributed by atoms with E-state index < -0.39 is 30.2 Å². The Hall–Kier alpha value is -4.22. The van der Waals surface area contributed by atoms with Crippen LogP contribution >= 0.6 is 0 Å². The minimum Gasteiger partial charge on any atom is -0.463 e. The van der Waals surface area contributed by atoms with E-state index in [2.05, 4.69) is 6.58 Å². The summed E-state index contributed by atoms with van der Waals surface area (Å²) in [5.74, 6) is -1.24. The van der Waals surface area contributed by atoms with E-state index in [1.807, 2.05) is 0 Å². The SMILES string of the molecule is C=CC(=O)OCCCCOC(=O)Oc1ccc(C(=O)Oc2ccc(C(=O)O[C@H]3CO[C@H]4CCO[C@H]43)cc2)cc1. The number of hydrogen-bond donors (Lipinski definition) is 0. The molecular weight excluding hydrogens is 512 g/mol. The Bertz CT molecular complexity index is 1170. The monoisotopic (exact) mass is 540 g/mol. The van der Waals surface area contributed by atoms with Gasteiger partial charge in [-0.3, -0.25) is 0 Å². The molecular formula is C28H28O11. The summed E-state index contributed by atoms with van der Waals surface area (Å²) in [4.78, 5) is 47.7. The lowest BCUT2D eigenvalue weighted by atomic mass is 10.1. The zero-order valence-corrected chi connectivity index (χ0v) is 21.1. The predicted molar refractivity (Wildman–Crippen MR) is 134 cm³/mol. The number of unbranched alkanes of at least 4 members (excludes halogenated alkanes) is 1. The van der Waals surface area contributed by atoms with Crippen molar-refractivity contribution in [1.29, 1.82) is 0 Å². The van der Waals surface area contributed by atoms with Crippen molar-refractivity contribution in [2.45, 2.75) is 37.6 Å². The van der Waals surface area contributed by atoms with Gasteiger partial charge in [-0.1, -0.05) is 6.58 Å². The molecule has 0 unspecified atom stereocenters. The molecule has 0 radical (unpaired) electrons. The highest BCUT2D eigenvalue weighted by Crippen LogP contribution is 2.29. The summed E-state index contributed by atoms with van der Waals surface area (Å²) >= 11 is 0. The minimum absolute atomic E-state index is 0.0303. The normalized spacial score (nSPS) is 19.4.